The highest BCUT2D eigenvalue weighted by Crippen LogP contribution is 2.31. The van der Waals surface area contributed by atoms with Gasteiger partial charge >= 0.3 is 0 Å². The Morgan fingerprint density at radius 1 is 1.27 bits per heavy atom. The number of piperidine rings is 1. The fraction of sp³-hybridized carbons (Fsp3) is 0.385. The van der Waals surface area contributed by atoms with Gasteiger partial charge in [0, 0.05) is 21.3 Å². The van der Waals surface area contributed by atoms with E-state index in [1.807, 2.05) is 16.8 Å². The van der Waals surface area contributed by atoms with Crippen molar-refractivity contribution in [1.29, 1.82) is 0 Å². The molecule has 0 spiro atoms. The van der Waals surface area contributed by atoms with Crippen LogP contribution in [0.1, 0.15) is 23.3 Å². The number of nitrogens with one attached hydrogen (secondary N) is 2. The molecule has 1 saturated heterocycles. The van der Waals surface area contributed by atoms with E-state index in [1.54, 1.807) is 11.3 Å². The Hall–Kier alpha value is -0.180. The number of rotatable bonds is 3. The van der Waals surface area contributed by atoms with E-state index in [-0.39, 0.29) is 36.8 Å². The van der Waals surface area contributed by atoms with Crippen molar-refractivity contribution >= 4 is 69.3 Å². The van der Waals surface area contributed by atoms with Crippen LogP contribution >= 0.6 is 63.4 Å². The molecule has 0 aromatic carbocycles. The van der Waals surface area contributed by atoms with Gasteiger partial charge in [-0.1, -0.05) is 0 Å². The lowest BCUT2D eigenvalue weighted by atomic mass is 10.1. The molecule has 2 aromatic rings. The van der Waals surface area contributed by atoms with Crippen LogP contribution in [0.3, 0.4) is 0 Å². The normalized spacial score (nSPS) is 14.8. The van der Waals surface area contributed by atoms with Crippen LogP contribution in [0.2, 0.25) is 0 Å². The van der Waals surface area contributed by atoms with Crippen molar-refractivity contribution in [1.82, 2.24) is 15.6 Å². The molecule has 2 aromatic heterocycles. The van der Waals surface area contributed by atoms with Gasteiger partial charge in [-0.05, 0) is 47.9 Å². The van der Waals surface area contributed by atoms with Crippen LogP contribution in [0.25, 0.3) is 9.88 Å². The van der Waals surface area contributed by atoms with E-state index in [4.69, 9.17) is 0 Å². The van der Waals surface area contributed by atoms with Gasteiger partial charge in [0.15, 0.2) is 0 Å². The zero-order valence-electron chi connectivity index (χ0n) is 11.5. The van der Waals surface area contributed by atoms with Crippen LogP contribution in [0.4, 0.5) is 0 Å². The highest BCUT2D eigenvalue weighted by Gasteiger charge is 2.18. The predicted molar refractivity (Wildman–Crippen MR) is 101 cm³/mol. The summed E-state index contributed by atoms with van der Waals surface area (Å²) in [4.78, 5) is 17.7. The van der Waals surface area contributed by atoms with Gasteiger partial charge in [0.1, 0.15) is 10.7 Å². The molecule has 0 radical (unpaired) electrons. The van der Waals surface area contributed by atoms with Crippen molar-refractivity contribution in [2.75, 3.05) is 13.1 Å². The van der Waals surface area contributed by atoms with Gasteiger partial charge < -0.3 is 10.6 Å². The first-order chi connectivity index (χ1) is 9.72. The van der Waals surface area contributed by atoms with Crippen molar-refractivity contribution in [2.45, 2.75) is 18.9 Å². The third kappa shape index (κ3) is 4.91. The second-order valence-electron chi connectivity index (χ2n) is 4.66. The molecular weight excluding hydrogens is 429 g/mol. The van der Waals surface area contributed by atoms with E-state index in [2.05, 4.69) is 31.5 Å². The van der Waals surface area contributed by atoms with E-state index in [1.165, 1.54) is 11.3 Å². The molecule has 122 valence electrons. The molecule has 1 amide bonds. The molecule has 0 bridgehead atoms. The summed E-state index contributed by atoms with van der Waals surface area (Å²) in [5.74, 6) is -0.0602. The number of hydrogen-bond acceptors (Lipinski definition) is 5. The minimum atomic E-state index is -0.0602. The van der Waals surface area contributed by atoms with Gasteiger partial charge in [-0.3, -0.25) is 4.79 Å². The van der Waals surface area contributed by atoms with Gasteiger partial charge in [-0.2, -0.15) is 0 Å². The monoisotopic (exact) mass is 443 g/mol. The molecule has 3 rings (SSSR count). The van der Waals surface area contributed by atoms with Crippen LogP contribution in [0.15, 0.2) is 21.3 Å². The van der Waals surface area contributed by atoms with Gasteiger partial charge in [-0.25, -0.2) is 4.98 Å². The molecular formula is C13H16BrCl2N3OS2. The summed E-state index contributed by atoms with van der Waals surface area (Å²) < 4.78 is 1.05. The molecule has 0 saturated carbocycles. The van der Waals surface area contributed by atoms with E-state index in [0.717, 1.165) is 40.3 Å². The summed E-state index contributed by atoms with van der Waals surface area (Å²) in [5.41, 5.74) is 0.521. The molecule has 9 heteroatoms. The fourth-order valence-electron chi connectivity index (χ4n) is 2.14. The molecule has 3 heterocycles. The summed E-state index contributed by atoms with van der Waals surface area (Å²) in [6.07, 6.45) is 1.97. The lowest BCUT2D eigenvalue weighted by Crippen LogP contribution is -2.42. The molecule has 2 N–H and O–H groups in total. The van der Waals surface area contributed by atoms with Gasteiger partial charge in [0.2, 0.25) is 0 Å². The lowest BCUT2D eigenvalue weighted by molar-refractivity contribution is 0.0925. The van der Waals surface area contributed by atoms with E-state index >= 15 is 0 Å². The quantitative estimate of drug-likeness (QED) is 0.753. The molecule has 1 aliphatic heterocycles. The molecule has 0 atom stereocenters. The fourth-order valence-corrected chi connectivity index (χ4v) is 4.45. The summed E-state index contributed by atoms with van der Waals surface area (Å²) in [7, 11) is 0. The number of carbonyl (C=O) groups is 1. The SMILES string of the molecule is Cl.Cl.O=C(NC1CCNCC1)c1csc(-c2cc(Br)cs2)n1. The average Bonchev–Trinajstić information content (AvgIpc) is 3.08. The average molecular weight is 445 g/mol. The van der Waals surface area contributed by atoms with Crippen molar-refractivity contribution in [2.24, 2.45) is 0 Å². The molecule has 0 unspecified atom stereocenters. The first-order valence-electron chi connectivity index (χ1n) is 6.44. The first-order valence-corrected chi connectivity index (χ1v) is 8.99. The van der Waals surface area contributed by atoms with Gasteiger partial charge in [-0.15, -0.1) is 47.5 Å². The smallest absolute Gasteiger partial charge is 0.270 e. The number of thiazole rings is 1. The minimum Gasteiger partial charge on any atom is -0.348 e. The highest BCUT2D eigenvalue weighted by molar-refractivity contribution is 9.10. The van der Waals surface area contributed by atoms with Gasteiger partial charge in [0.25, 0.3) is 5.91 Å². The second-order valence-corrected chi connectivity index (χ2v) is 7.35. The number of aromatic nitrogens is 1. The van der Waals surface area contributed by atoms with E-state index in [0.29, 0.717) is 5.69 Å². The predicted octanol–water partition coefficient (Wildman–Crippen LogP) is 3.96. The standard InChI is InChI=1S/C13H14BrN3OS2.2ClH/c14-8-5-11(19-6-8)13-17-10(7-20-13)12(18)16-9-1-3-15-4-2-9;;/h5-7,9,15H,1-4H2,(H,16,18);2*1H. The van der Waals surface area contributed by atoms with Gasteiger partial charge in [0.05, 0.1) is 4.88 Å². The number of nitrogens with zero attached hydrogens (tertiary/aromatic N) is 1. The Balaban J connectivity index is 0.00000121. The zero-order chi connectivity index (χ0) is 13.9. The molecule has 0 aliphatic carbocycles. The van der Waals surface area contributed by atoms with Crippen molar-refractivity contribution in [3.63, 3.8) is 0 Å². The maximum Gasteiger partial charge on any atom is 0.270 e. The summed E-state index contributed by atoms with van der Waals surface area (Å²) >= 11 is 6.57. The van der Waals surface area contributed by atoms with Crippen molar-refractivity contribution in [3.8, 4) is 9.88 Å². The first kappa shape index (κ1) is 19.9. The summed E-state index contributed by atoms with van der Waals surface area (Å²) in [6, 6.07) is 2.29. The summed E-state index contributed by atoms with van der Waals surface area (Å²) in [5, 5.41) is 11.1. The van der Waals surface area contributed by atoms with Crippen LogP contribution in [-0.4, -0.2) is 30.0 Å². The van der Waals surface area contributed by atoms with Crippen LogP contribution in [0, 0.1) is 0 Å². The maximum atomic E-state index is 12.2. The molecule has 22 heavy (non-hydrogen) atoms. The Kier molecular flexibility index (Phi) is 8.31. The Bertz CT molecular complexity index is 614. The number of halogens is 3. The Morgan fingerprint density at radius 2 is 2.00 bits per heavy atom. The minimum absolute atomic E-state index is 0. The lowest BCUT2D eigenvalue weighted by Gasteiger charge is -2.23. The molecule has 4 nitrogen and oxygen atoms in total. The third-order valence-corrected chi connectivity index (χ3v) is 5.89. The Morgan fingerprint density at radius 3 is 2.64 bits per heavy atom. The highest BCUT2D eigenvalue weighted by atomic mass is 79.9. The van der Waals surface area contributed by atoms with E-state index < -0.39 is 0 Å². The van der Waals surface area contributed by atoms with Crippen molar-refractivity contribution in [3.05, 3.63) is 27.0 Å². The van der Waals surface area contributed by atoms with Crippen molar-refractivity contribution < 1.29 is 4.79 Å². The van der Waals surface area contributed by atoms with Crippen LogP contribution < -0.4 is 10.6 Å². The Labute approximate surface area is 158 Å². The number of amides is 1. The second kappa shape index (κ2) is 9.20. The maximum absolute atomic E-state index is 12.2. The topological polar surface area (TPSA) is 54.0 Å². The van der Waals surface area contributed by atoms with E-state index in [9.17, 15) is 4.79 Å². The number of hydrogen-bond donors (Lipinski definition) is 2. The van der Waals surface area contributed by atoms with Crippen LogP contribution in [0.5, 0.6) is 0 Å². The number of thiophene rings is 1. The largest absolute Gasteiger partial charge is 0.348 e. The number of carbonyl (C=O) groups excluding carboxylic acids is 1. The third-order valence-electron chi connectivity index (χ3n) is 3.19. The molecule has 1 fully saturated rings. The van der Waals surface area contributed by atoms with Crippen LogP contribution in [-0.2, 0) is 0 Å². The zero-order valence-corrected chi connectivity index (χ0v) is 16.4. The summed E-state index contributed by atoms with van der Waals surface area (Å²) in [6.45, 7) is 1.94. The molecule has 1 aliphatic rings.